The summed E-state index contributed by atoms with van der Waals surface area (Å²) in [6.45, 7) is 1.44. The number of carboxylic acid groups (broad SMARTS) is 1. The van der Waals surface area contributed by atoms with Gasteiger partial charge in [-0.3, -0.25) is 4.98 Å². The van der Waals surface area contributed by atoms with Gasteiger partial charge in [-0.15, -0.1) is 0 Å². The fourth-order valence-electron chi connectivity index (χ4n) is 5.05. The maximum absolute atomic E-state index is 13.7. The second kappa shape index (κ2) is 10.4. The normalized spacial score (nSPS) is 15.8. The Bertz CT molecular complexity index is 1620. The number of benzene rings is 2. The highest BCUT2D eigenvalue weighted by Gasteiger charge is 2.37. The minimum Gasteiger partial charge on any atom is -0.497 e. The highest BCUT2D eigenvalue weighted by Crippen LogP contribution is 2.46. The van der Waals surface area contributed by atoms with Crippen molar-refractivity contribution in [2.75, 3.05) is 25.1 Å². The zero-order chi connectivity index (χ0) is 28.7. The van der Waals surface area contributed by atoms with Gasteiger partial charge in [0, 0.05) is 41.6 Å². The summed E-state index contributed by atoms with van der Waals surface area (Å²) >= 11 is 0. The molecule has 1 aliphatic carbocycles. The van der Waals surface area contributed by atoms with Gasteiger partial charge >= 0.3 is 12.1 Å². The molecule has 1 saturated carbocycles. The number of aromatic nitrogens is 2. The van der Waals surface area contributed by atoms with E-state index >= 15 is 0 Å². The van der Waals surface area contributed by atoms with Gasteiger partial charge in [-0.25, -0.2) is 4.79 Å². The van der Waals surface area contributed by atoms with Gasteiger partial charge in [-0.1, -0.05) is 35.5 Å². The Labute approximate surface area is 233 Å². The first-order chi connectivity index (χ1) is 19.7. The van der Waals surface area contributed by atoms with E-state index < -0.39 is 17.7 Å². The number of hydrogen-bond donors (Lipinski definition) is 1. The standard InChI is InChI=1S/C31H26F3N3O4/c1-40-23-13-20(12-21(14-23)30(38)39)27-11-9-22(15-35-27)37-16-18(17-37)6-10-25-28(36-41-29(25)19-7-8-19)24-4-2-3-5-26(24)31(32,33)34/h2-6,9-15,18-19H,7-8,16-17H2,1H3,(H,38,39)/b10-6+. The van der Waals surface area contributed by atoms with E-state index in [0.717, 1.165) is 37.7 Å². The molecule has 2 aromatic heterocycles. The molecule has 0 bridgehead atoms. The SMILES string of the molecule is COc1cc(C(=O)O)cc(-c2ccc(N3CC(/C=C/c4c(-c5ccccc5C(F)(F)F)noc4C4CC4)C3)cn2)c1. The Hall–Kier alpha value is -4.60. The van der Waals surface area contributed by atoms with Crippen LogP contribution in [0.15, 0.2) is 71.4 Å². The molecule has 10 heteroatoms. The summed E-state index contributed by atoms with van der Waals surface area (Å²) in [6.07, 6.45) is 2.98. The molecule has 1 saturated heterocycles. The van der Waals surface area contributed by atoms with E-state index in [2.05, 4.69) is 15.0 Å². The molecular formula is C31H26F3N3O4. The van der Waals surface area contributed by atoms with Gasteiger partial charge in [-0.05, 0) is 49.2 Å². The summed E-state index contributed by atoms with van der Waals surface area (Å²) in [5.41, 5.74) is 2.42. The number of carbonyl (C=O) groups is 1. The first-order valence-electron chi connectivity index (χ1n) is 13.2. The third kappa shape index (κ3) is 5.41. The molecule has 41 heavy (non-hydrogen) atoms. The number of methoxy groups -OCH3 is 1. The number of pyridine rings is 1. The maximum atomic E-state index is 13.7. The highest BCUT2D eigenvalue weighted by atomic mass is 19.4. The third-order valence-corrected chi connectivity index (χ3v) is 7.43. The van der Waals surface area contributed by atoms with Crippen LogP contribution in [-0.2, 0) is 6.18 Å². The zero-order valence-electron chi connectivity index (χ0n) is 22.1. The number of halogens is 3. The molecule has 2 aliphatic rings. The van der Waals surface area contributed by atoms with Crippen molar-refractivity contribution in [2.45, 2.75) is 24.9 Å². The Balaban J connectivity index is 1.18. The molecule has 3 heterocycles. The number of alkyl halides is 3. The van der Waals surface area contributed by atoms with Crippen LogP contribution < -0.4 is 9.64 Å². The molecule has 7 nitrogen and oxygen atoms in total. The summed E-state index contributed by atoms with van der Waals surface area (Å²) in [5, 5.41) is 13.5. The number of nitrogens with zero attached hydrogens (tertiary/aromatic N) is 3. The van der Waals surface area contributed by atoms with Crippen molar-refractivity contribution in [1.29, 1.82) is 0 Å². The average molecular weight is 562 g/mol. The third-order valence-electron chi connectivity index (χ3n) is 7.43. The smallest absolute Gasteiger partial charge is 0.417 e. The molecule has 210 valence electrons. The van der Waals surface area contributed by atoms with Crippen LogP contribution in [0.5, 0.6) is 5.75 Å². The first-order valence-corrected chi connectivity index (χ1v) is 13.2. The largest absolute Gasteiger partial charge is 0.497 e. The number of hydrogen-bond acceptors (Lipinski definition) is 6. The first kappa shape index (κ1) is 26.6. The van der Waals surface area contributed by atoms with Crippen LogP contribution in [0, 0.1) is 5.92 Å². The van der Waals surface area contributed by atoms with Gasteiger partial charge in [0.05, 0.1) is 35.8 Å². The van der Waals surface area contributed by atoms with Crippen LogP contribution in [0.2, 0.25) is 0 Å². The van der Waals surface area contributed by atoms with Crippen molar-refractivity contribution >= 4 is 17.7 Å². The molecule has 0 atom stereocenters. The summed E-state index contributed by atoms with van der Waals surface area (Å²) < 4.78 is 51.9. The van der Waals surface area contributed by atoms with Crippen LogP contribution in [0.1, 0.15) is 46.0 Å². The van der Waals surface area contributed by atoms with Crippen LogP contribution in [-0.4, -0.2) is 41.4 Å². The lowest BCUT2D eigenvalue weighted by atomic mass is 9.95. The maximum Gasteiger partial charge on any atom is 0.417 e. The fraction of sp³-hybridized carbons (Fsp3) is 0.258. The van der Waals surface area contributed by atoms with E-state index in [1.54, 1.807) is 24.4 Å². The van der Waals surface area contributed by atoms with Crippen LogP contribution in [0.25, 0.3) is 28.6 Å². The molecule has 4 aromatic rings. The number of anilines is 1. The summed E-state index contributed by atoms with van der Waals surface area (Å²) in [4.78, 5) is 18.1. The molecular weight excluding hydrogens is 535 g/mol. The molecule has 1 N–H and O–H groups in total. The van der Waals surface area contributed by atoms with Crippen molar-refractivity contribution in [3.63, 3.8) is 0 Å². The number of carboxylic acids is 1. The molecule has 2 fully saturated rings. The van der Waals surface area contributed by atoms with Gasteiger partial charge < -0.3 is 19.3 Å². The number of rotatable bonds is 8. The Kier molecular flexibility index (Phi) is 6.76. The van der Waals surface area contributed by atoms with Gasteiger partial charge in [0.1, 0.15) is 17.2 Å². The molecule has 1 aliphatic heterocycles. The van der Waals surface area contributed by atoms with Gasteiger partial charge in [-0.2, -0.15) is 13.2 Å². The Morgan fingerprint density at radius 1 is 1.12 bits per heavy atom. The second-order valence-corrected chi connectivity index (χ2v) is 10.3. The van der Waals surface area contributed by atoms with Crippen molar-refractivity contribution in [2.24, 2.45) is 5.92 Å². The van der Waals surface area contributed by atoms with Crippen molar-refractivity contribution < 1.29 is 32.3 Å². The van der Waals surface area contributed by atoms with Crippen LogP contribution in [0.3, 0.4) is 0 Å². The van der Waals surface area contributed by atoms with E-state index in [-0.39, 0.29) is 28.7 Å². The molecule has 0 radical (unpaired) electrons. The summed E-state index contributed by atoms with van der Waals surface area (Å²) in [7, 11) is 1.48. The molecule has 6 rings (SSSR count). The van der Waals surface area contributed by atoms with E-state index in [4.69, 9.17) is 9.26 Å². The zero-order valence-corrected chi connectivity index (χ0v) is 22.1. The van der Waals surface area contributed by atoms with Gasteiger partial charge in [0.2, 0.25) is 0 Å². The lowest BCUT2D eigenvalue weighted by molar-refractivity contribution is -0.137. The molecule has 2 aromatic carbocycles. The van der Waals surface area contributed by atoms with E-state index in [1.165, 1.54) is 25.3 Å². The predicted molar refractivity (Wildman–Crippen MR) is 147 cm³/mol. The minimum absolute atomic E-state index is 0.0169. The lowest BCUT2D eigenvalue weighted by Gasteiger charge is -2.39. The Morgan fingerprint density at radius 3 is 2.56 bits per heavy atom. The van der Waals surface area contributed by atoms with Crippen molar-refractivity contribution in [3.05, 3.63) is 89.3 Å². The number of aromatic carboxylic acids is 1. The monoisotopic (exact) mass is 561 g/mol. The quantitative estimate of drug-likeness (QED) is 0.244. The van der Waals surface area contributed by atoms with Crippen LogP contribution >= 0.6 is 0 Å². The Morgan fingerprint density at radius 2 is 1.90 bits per heavy atom. The summed E-state index contributed by atoms with van der Waals surface area (Å²) in [6, 6.07) is 14.0. The van der Waals surface area contributed by atoms with Crippen LogP contribution in [0.4, 0.5) is 18.9 Å². The number of ether oxygens (including phenoxy) is 1. The fourth-order valence-corrected chi connectivity index (χ4v) is 5.05. The van der Waals surface area contributed by atoms with Crippen molar-refractivity contribution in [3.8, 4) is 28.3 Å². The molecule has 0 unspecified atom stereocenters. The minimum atomic E-state index is -4.50. The topological polar surface area (TPSA) is 88.7 Å². The van der Waals surface area contributed by atoms with Gasteiger partial charge in [0.15, 0.2) is 0 Å². The summed E-state index contributed by atoms with van der Waals surface area (Å²) in [5.74, 6) is 0.415. The molecule has 0 spiro atoms. The van der Waals surface area contributed by atoms with Crippen molar-refractivity contribution in [1.82, 2.24) is 10.1 Å². The van der Waals surface area contributed by atoms with Gasteiger partial charge in [0.25, 0.3) is 0 Å². The second-order valence-electron chi connectivity index (χ2n) is 10.3. The van der Waals surface area contributed by atoms with E-state index in [0.29, 0.717) is 28.3 Å². The predicted octanol–water partition coefficient (Wildman–Crippen LogP) is 7.16. The average Bonchev–Trinajstić information content (AvgIpc) is 3.70. The lowest BCUT2D eigenvalue weighted by Crippen LogP contribution is -2.45. The van der Waals surface area contributed by atoms with E-state index in [1.807, 2.05) is 24.3 Å². The van der Waals surface area contributed by atoms with E-state index in [9.17, 15) is 23.1 Å². The molecule has 0 amide bonds. The highest BCUT2D eigenvalue weighted by molar-refractivity contribution is 5.90.